The Hall–Kier alpha value is -2.20. The van der Waals surface area contributed by atoms with Gasteiger partial charge in [-0.25, -0.2) is 18.2 Å². The lowest BCUT2D eigenvalue weighted by Gasteiger charge is -2.20. The summed E-state index contributed by atoms with van der Waals surface area (Å²) in [6.07, 6.45) is -0.903. The first-order valence-electron chi connectivity index (χ1n) is 7.58. The number of aldehydes is 1. The monoisotopic (exact) mass is 399 g/mol. The van der Waals surface area contributed by atoms with Gasteiger partial charge in [-0.3, -0.25) is 9.63 Å². The van der Waals surface area contributed by atoms with Crippen LogP contribution in [0, 0.1) is 0 Å². The van der Waals surface area contributed by atoms with Crippen LogP contribution in [0.25, 0.3) is 0 Å². The van der Waals surface area contributed by atoms with E-state index in [2.05, 4.69) is 5.16 Å². The van der Waals surface area contributed by atoms with E-state index in [0.29, 0.717) is 16.6 Å². The molecule has 26 heavy (non-hydrogen) atoms. The van der Waals surface area contributed by atoms with Crippen LogP contribution in [0.5, 0.6) is 5.75 Å². The molecule has 0 aromatic heterocycles. The van der Waals surface area contributed by atoms with Crippen molar-refractivity contribution >= 4 is 47.4 Å². The van der Waals surface area contributed by atoms with E-state index in [0.717, 1.165) is 20.7 Å². The normalized spacial score (nSPS) is 11.1. The van der Waals surface area contributed by atoms with Crippen LogP contribution < -0.4 is 4.74 Å². The summed E-state index contributed by atoms with van der Waals surface area (Å²) in [6, 6.07) is 6.33. The molecule has 0 unspecified atom stereocenters. The molecule has 0 fully saturated rings. The molecule has 0 N–H and O–H groups in total. The number of carbonyl (C=O) groups excluding carboxylic acids is 3. The molecule has 0 bridgehead atoms. The van der Waals surface area contributed by atoms with Gasteiger partial charge >= 0.3 is 12.2 Å². The van der Waals surface area contributed by atoms with Crippen molar-refractivity contribution in [3.63, 3.8) is 0 Å². The summed E-state index contributed by atoms with van der Waals surface area (Å²) in [6.45, 7) is 5.73. The number of amides is 2. The van der Waals surface area contributed by atoms with E-state index in [1.54, 1.807) is 19.1 Å². The minimum Gasteiger partial charge on any atom is -0.409 e. The van der Waals surface area contributed by atoms with Gasteiger partial charge < -0.3 is 4.74 Å². The average molecular weight is 399 g/mol. The zero-order valence-corrected chi connectivity index (χ0v) is 16.8. The second kappa shape index (κ2) is 10.7. The summed E-state index contributed by atoms with van der Waals surface area (Å²) in [7, 11) is 2.85. The quantitative estimate of drug-likeness (QED) is 0.178. The topological polar surface area (TPSA) is 88.5 Å². The highest BCUT2D eigenvalue weighted by Crippen LogP contribution is 2.20. The predicted molar refractivity (Wildman–Crippen MR) is 103 cm³/mol. The Morgan fingerprint density at radius 2 is 1.77 bits per heavy atom. The van der Waals surface area contributed by atoms with E-state index >= 15 is 0 Å². The number of thioether (sulfide) groups is 1. The van der Waals surface area contributed by atoms with Gasteiger partial charge in [0, 0.05) is 19.3 Å². The summed E-state index contributed by atoms with van der Waals surface area (Å²) < 4.78 is 7.32. The van der Waals surface area contributed by atoms with Crippen molar-refractivity contribution in [1.29, 1.82) is 0 Å². The van der Waals surface area contributed by atoms with Gasteiger partial charge in [0.15, 0.2) is 6.29 Å². The van der Waals surface area contributed by atoms with Crippen LogP contribution in [-0.4, -0.2) is 51.5 Å². The third-order valence-electron chi connectivity index (χ3n) is 2.66. The number of hydrogen-bond donors (Lipinski definition) is 0. The maximum absolute atomic E-state index is 12.1. The fourth-order valence-electron chi connectivity index (χ4n) is 1.60. The molecule has 8 nitrogen and oxygen atoms in total. The number of ether oxygens (including phenoxy) is 1. The molecular formula is C16H21N3O5S2. The van der Waals surface area contributed by atoms with Gasteiger partial charge in [-0.05, 0) is 19.1 Å². The van der Waals surface area contributed by atoms with E-state index in [9.17, 15) is 14.4 Å². The van der Waals surface area contributed by atoms with Crippen molar-refractivity contribution < 1.29 is 24.0 Å². The number of nitrogens with zero attached hydrogens (tertiary/aromatic N) is 3. The van der Waals surface area contributed by atoms with Crippen molar-refractivity contribution in [1.82, 2.24) is 8.61 Å². The van der Waals surface area contributed by atoms with E-state index in [1.807, 2.05) is 13.8 Å². The van der Waals surface area contributed by atoms with Crippen molar-refractivity contribution in [2.24, 2.45) is 5.16 Å². The zero-order valence-electron chi connectivity index (χ0n) is 15.2. The lowest BCUT2D eigenvalue weighted by molar-refractivity contribution is 0.112. The summed E-state index contributed by atoms with van der Waals surface area (Å²) in [5, 5.41) is 4.66. The van der Waals surface area contributed by atoms with E-state index in [4.69, 9.17) is 9.57 Å². The van der Waals surface area contributed by atoms with Crippen LogP contribution in [0.15, 0.2) is 29.4 Å². The molecule has 0 aliphatic heterocycles. The highest BCUT2D eigenvalue weighted by atomic mass is 32.2. The molecule has 0 spiro atoms. The second-order valence-corrected chi connectivity index (χ2v) is 8.26. The standard InChI is InChI=1S/C16H21N3O5S2/c1-11(2)25-12(3)17-24-16(22)19(5)26-18(4)15(21)23-14-9-7-6-8-13(14)10-20/h6-11H,1-5H3. The highest BCUT2D eigenvalue weighted by molar-refractivity contribution is 8.14. The molecule has 0 aliphatic carbocycles. The molecule has 0 heterocycles. The Bertz CT molecular complexity index is 682. The van der Waals surface area contributed by atoms with Gasteiger partial charge in [0.2, 0.25) is 0 Å². The summed E-state index contributed by atoms with van der Waals surface area (Å²) in [5.41, 5.74) is 0.250. The zero-order chi connectivity index (χ0) is 19.7. The Morgan fingerprint density at radius 1 is 1.15 bits per heavy atom. The van der Waals surface area contributed by atoms with Crippen molar-refractivity contribution in [2.45, 2.75) is 26.0 Å². The first kappa shape index (κ1) is 21.8. The Balaban J connectivity index is 2.57. The molecule has 1 rings (SSSR count). The molecule has 0 saturated carbocycles. The smallest absolute Gasteiger partial charge is 0.409 e. The largest absolute Gasteiger partial charge is 0.447 e. The van der Waals surface area contributed by atoms with Crippen LogP contribution in [0.1, 0.15) is 31.1 Å². The van der Waals surface area contributed by atoms with Gasteiger partial charge in [0.1, 0.15) is 10.8 Å². The first-order chi connectivity index (χ1) is 12.2. The van der Waals surface area contributed by atoms with Gasteiger partial charge in [-0.2, -0.15) is 0 Å². The Kier molecular flexibility index (Phi) is 9.00. The second-order valence-electron chi connectivity index (χ2n) is 5.23. The van der Waals surface area contributed by atoms with Gasteiger partial charge in [0.05, 0.1) is 17.7 Å². The van der Waals surface area contributed by atoms with Crippen molar-refractivity contribution in [2.75, 3.05) is 14.1 Å². The molecule has 0 saturated heterocycles. The summed E-state index contributed by atoms with van der Waals surface area (Å²) in [4.78, 5) is 39.7. The van der Waals surface area contributed by atoms with E-state index in [-0.39, 0.29) is 11.3 Å². The fourth-order valence-corrected chi connectivity index (χ4v) is 2.94. The first-order valence-corrected chi connectivity index (χ1v) is 9.19. The van der Waals surface area contributed by atoms with Crippen molar-refractivity contribution in [3.8, 4) is 5.75 Å². The number of oxime groups is 1. The van der Waals surface area contributed by atoms with Crippen molar-refractivity contribution in [3.05, 3.63) is 29.8 Å². The predicted octanol–water partition coefficient (Wildman–Crippen LogP) is 4.04. The van der Waals surface area contributed by atoms with Gasteiger partial charge in [0.25, 0.3) is 0 Å². The SMILES string of the molecule is CC(=NOC(=O)N(C)SN(C)C(=O)Oc1ccccc1C=O)SC(C)C. The molecule has 142 valence electrons. The lowest BCUT2D eigenvalue weighted by atomic mass is 10.2. The van der Waals surface area contributed by atoms with Crippen LogP contribution in [-0.2, 0) is 4.84 Å². The lowest BCUT2D eigenvalue weighted by Crippen LogP contribution is -2.30. The molecule has 0 radical (unpaired) electrons. The Morgan fingerprint density at radius 3 is 2.38 bits per heavy atom. The maximum atomic E-state index is 12.1. The number of benzene rings is 1. The van der Waals surface area contributed by atoms with E-state index < -0.39 is 12.2 Å². The van der Waals surface area contributed by atoms with Crippen LogP contribution in [0.3, 0.4) is 0 Å². The average Bonchev–Trinajstić information content (AvgIpc) is 2.59. The maximum Gasteiger partial charge on any atom is 0.447 e. The molecule has 1 aromatic carbocycles. The number of carbonyl (C=O) groups is 3. The summed E-state index contributed by atoms with van der Waals surface area (Å²) >= 11 is 2.23. The molecular weight excluding hydrogens is 378 g/mol. The number of rotatable bonds is 6. The number of hydrogen-bond acceptors (Lipinski definition) is 8. The molecule has 1 aromatic rings. The molecule has 0 aliphatic rings. The third-order valence-corrected chi connectivity index (χ3v) is 4.34. The summed E-state index contributed by atoms with van der Waals surface area (Å²) in [5.74, 6) is 0.135. The van der Waals surface area contributed by atoms with Gasteiger partial charge in [-0.1, -0.05) is 31.1 Å². The molecule has 2 amide bonds. The molecule has 0 atom stereocenters. The van der Waals surface area contributed by atoms with Crippen LogP contribution in [0.2, 0.25) is 0 Å². The van der Waals surface area contributed by atoms with Crippen LogP contribution >= 0.6 is 23.9 Å². The number of para-hydroxylation sites is 1. The third kappa shape index (κ3) is 7.36. The van der Waals surface area contributed by atoms with E-state index in [1.165, 1.54) is 38.0 Å². The highest BCUT2D eigenvalue weighted by Gasteiger charge is 2.20. The Labute approximate surface area is 161 Å². The van der Waals surface area contributed by atoms with Gasteiger partial charge in [-0.15, -0.1) is 11.8 Å². The minimum atomic E-state index is -0.751. The fraction of sp³-hybridized carbons (Fsp3) is 0.375. The molecule has 10 heteroatoms. The van der Waals surface area contributed by atoms with Crippen LogP contribution in [0.4, 0.5) is 9.59 Å². The minimum absolute atomic E-state index is 0.135.